The molecule has 2 aromatic rings. The van der Waals surface area contributed by atoms with Crippen molar-refractivity contribution in [2.75, 3.05) is 0 Å². The lowest BCUT2D eigenvalue weighted by atomic mass is 9.98. The van der Waals surface area contributed by atoms with Gasteiger partial charge in [-0.2, -0.15) is 0 Å². The summed E-state index contributed by atoms with van der Waals surface area (Å²) >= 11 is 14.7. The second kappa shape index (κ2) is 6.44. The zero-order valence-electron chi connectivity index (χ0n) is 10.5. The van der Waals surface area contributed by atoms with E-state index in [1.54, 1.807) is 0 Å². The average molecular weight is 406 g/mol. The van der Waals surface area contributed by atoms with E-state index >= 15 is 0 Å². The molecule has 4 heteroatoms. The maximum atomic E-state index is 6.31. The Balaban J connectivity index is 2.31. The van der Waals surface area contributed by atoms with Crippen molar-refractivity contribution in [3.8, 4) is 0 Å². The Morgan fingerprint density at radius 1 is 1.11 bits per heavy atom. The lowest BCUT2D eigenvalue weighted by molar-refractivity contribution is 0.717. The van der Waals surface area contributed by atoms with Gasteiger partial charge >= 0.3 is 0 Å². The quantitative estimate of drug-likeness (QED) is 0.702. The number of rotatable bonds is 3. The third-order valence-electron chi connectivity index (χ3n) is 3.11. The zero-order chi connectivity index (χ0) is 14.0. The van der Waals surface area contributed by atoms with Gasteiger partial charge in [-0.3, -0.25) is 0 Å². The first-order valence-corrected chi connectivity index (χ1v) is 7.77. The molecule has 0 aliphatic rings. The maximum absolute atomic E-state index is 6.31. The highest BCUT2D eigenvalue weighted by atomic mass is 127. The molecule has 2 rings (SSSR count). The Labute approximate surface area is 137 Å². The molecule has 0 spiro atoms. The van der Waals surface area contributed by atoms with E-state index in [1.165, 1.54) is 9.13 Å². The molecule has 0 aliphatic heterocycles. The van der Waals surface area contributed by atoms with Crippen LogP contribution >= 0.6 is 45.8 Å². The van der Waals surface area contributed by atoms with Crippen LogP contribution in [0, 0.1) is 10.5 Å². The molecule has 2 N–H and O–H groups in total. The predicted octanol–water partition coefficient (Wildman–Crippen LogP) is 5.15. The summed E-state index contributed by atoms with van der Waals surface area (Å²) in [5.41, 5.74) is 9.60. The molecule has 1 unspecified atom stereocenters. The summed E-state index contributed by atoms with van der Waals surface area (Å²) in [4.78, 5) is 0. The molecule has 0 saturated carbocycles. The molecule has 0 amide bonds. The molecular formula is C15H14Cl2IN. The van der Waals surface area contributed by atoms with Crippen molar-refractivity contribution in [3.63, 3.8) is 0 Å². The zero-order valence-corrected chi connectivity index (χ0v) is 14.1. The Hall–Kier alpha value is -0.290. The average Bonchev–Trinajstić information content (AvgIpc) is 2.37. The van der Waals surface area contributed by atoms with Gasteiger partial charge < -0.3 is 5.73 Å². The largest absolute Gasteiger partial charge is 0.324 e. The van der Waals surface area contributed by atoms with Gasteiger partial charge in [-0.25, -0.2) is 0 Å². The van der Waals surface area contributed by atoms with Crippen LogP contribution in [0.3, 0.4) is 0 Å². The van der Waals surface area contributed by atoms with Crippen LogP contribution in [0.4, 0.5) is 0 Å². The van der Waals surface area contributed by atoms with Crippen LogP contribution in [0.25, 0.3) is 0 Å². The minimum absolute atomic E-state index is 0.107. The summed E-state index contributed by atoms with van der Waals surface area (Å²) in [7, 11) is 0. The fourth-order valence-electron chi connectivity index (χ4n) is 2.01. The Bertz CT molecular complexity index is 578. The van der Waals surface area contributed by atoms with Crippen molar-refractivity contribution in [2.45, 2.75) is 19.4 Å². The first-order valence-electron chi connectivity index (χ1n) is 5.94. The number of hydrogen-bond donors (Lipinski definition) is 1. The molecule has 0 heterocycles. The van der Waals surface area contributed by atoms with Crippen molar-refractivity contribution in [1.29, 1.82) is 0 Å². The van der Waals surface area contributed by atoms with E-state index in [2.05, 4.69) is 41.6 Å². The van der Waals surface area contributed by atoms with Gasteiger partial charge in [0.25, 0.3) is 0 Å². The van der Waals surface area contributed by atoms with E-state index < -0.39 is 0 Å². The molecule has 1 atom stereocenters. The number of nitrogens with two attached hydrogens (primary N) is 1. The van der Waals surface area contributed by atoms with E-state index in [-0.39, 0.29) is 6.04 Å². The summed E-state index contributed by atoms with van der Waals surface area (Å²) in [5.74, 6) is 0. The highest BCUT2D eigenvalue weighted by Crippen LogP contribution is 2.30. The van der Waals surface area contributed by atoms with Crippen LogP contribution in [0.1, 0.15) is 22.7 Å². The van der Waals surface area contributed by atoms with Crippen molar-refractivity contribution >= 4 is 45.8 Å². The van der Waals surface area contributed by atoms with E-state index in [9.17, 15) is 0 Å². The van der Waals surface area contributed by atoms with Crippen LogP contribution in [0.5, 0.6) is 0 Å². The summed E-state index contributed by atoms with van der Waals surface area (Å²) in [5, 5.41) is 1.34. The smallest absolute Gasteiger partial charge is 0.0453 e. The first-order chi connectivity index (χ1) is 9.00. The van der Waals surface area contributed by atoms with Gasteiger partial charge in [0.15, 0.2) is 0 Å². The Kier molecular flexibility index (Phi) is 5.12. The molecular weight excluding hydrogens is 392 g/mol. The SMILES string of the molecule is Cc1cccc(C(N)Cc2c(Cl)cccc2Cl)c1I. The van der Waals surface area contributed by atoms with E-state index in [0.29, 0.717) is 16.5 Å². The van der Waals surface area contributed by atoms with Crippen molar-refractivity contribution < 1.29 is 0 Å². The van der Waals surface area contributed by atoms with Crippen LogP contribution in [0.15, 0.2) is 36.4 Å². The minimum atomic E-state index is -0.107. The van der Waals surface area contributed by atoms with Gasteiger partial charge in [-0.05, 0) is 64.8 Å². The normalized spacial score (nSPS) is 12.5. The van der Waals surface area contributed by atoms with Gasteiger partial charge in [0.1, 0.15) is 0 Å². The molecule has 0 radical (unpaired) electrons. The summed E-state index contributed by atoms with van der Waals surface area (Å²) in [6, 6.07) is 11.6. The molecule has 0 aliphatic carbocycles. The van der Waals surface area contributed by atoms with E-state index in [0.717, 1.165) is 11.1 Å². The van der Waals surface area contributed by atoms with Gasteiger partial charge in [-0.1, -0.05) is 47.5 Å². The second-order valence-corrected chi connectivity index (χ2v) is 6.38. The van der Waals surface area contributed by atoms with Gasteiger partial charge in [0.05, 0.1) is 0 Å². The van der Waals surface area contributed by atoms with E-state index in [4.69, 9.17) is 28.9 Å². The lowest BCUT2D eigenvalue weighted by Crippen LogP contribution is -2.15. The fraction of sp³-hybridized carbons (Fsp3) is 0.200. The minimum Gasteiger partial charge on any atom is -0.324 e. The van der Waals surface area contributed by atoms with Gasteiger partial charge in [0, 0.05) is 19.7 Å². The van der Waals surface area contributed by atoms with E-state index in [1.807, 2.05) is 24.3 Å². The highest BCUT2D eigenvalue weighted by Gasteiger charge is 2.15. The number of benzene rings is 2. The summed E-state index contributed by atoms with van der Waals surface area (Å²) in [6.07, 6.45) is 0.637. The standard InChI is InChI=1S/C15H14Cl2IN/c1-9-4-2-5-10(15(9)18)14(19)8-11-12(16)6-3-7-13(11)17/h2-7,14H,8,19H2,1H3. The van der Waals surface area contributed by atoms with Crippen molar-refractivity contribution in [2.24, 2.45) is 5.73 Å². The lowest BCUT2D eigenvalue weighted by Gasteiger charge is -2.17. The highest BCUT2D eigenvalue weighted by molar-refractivity contribution is 14.1. The van der Waals surface area contributed by atoms with Gasteiger partial charge in [0.2, 0.25) is 0 Å². The molecule has 0 aromatic heterocycles. The molecule has 100 valence electrons. The molecule has 2 aromatic carbocycles. The predicted molar refractivity (Wildman–Crippen MR) is 91.0 cm³/mol. The third kappa shape index (κ3) is 3.43. The maximum Gasteiger partial charge on any atom is 0.0453 e. The topological polar surface area (TPSA) is 26.0 Å². The van der Waals surface area contributed by atoms with Gasteiger partial charge in [-0.15, -0.1) is 0 Å². The van der Waals surface area contributed by atoms with Crippen LogP contribution in [0.2, 0.25) is 10.0 Å². The molecule has 0 saturated heterocycles. The summed E-state index contributed by atoms with van der Waals surface area (Å²) in [6.45, 7) is 2.08. The van der Waals surface area contributed by atoms with Crippen molar-refractivity contribution in [1.82, 2.24) is 0 Å². The fourth-order valence-corrected chi connectivity index (χ4v) is 3.33. The Morgan fingerprint density at radius 3 is 2.32 bits per heavy atom. The Morgan fingerprint density at radius 2 is 1.68 bits per heavy atom. The van der Waals surface area contributed by atoms with Crippen LogP contribution in [-0.4, -0.2) is 0 Å². The monoisotopic (exact) mass is 405 g/mol. The second-order valence-electron chi connectivity index (χ2n) is 4.49. The number of aryl methyl sites for hydroxylation is 1. The third-order valence-corrected chi connectivity index (χ3v) is 5.29. The molecule has 0 fully saturated rings. The molecule has 19 heavy (non-hydrogen) atoms. The van der Waals surface area contributed by atoms with Crippen LogP contribution < -0.4 is 5.73 Å². The summed E-state index contributed by atoms with van der Waals surface area (Å²) < 4.78 is 1.20. The molecule has 0 bridgehead atoms. The van der Waals surface area contributed by atoms with Crippen molar-refractivity contribution in [3.05, 3.63) is 66.7 Å². The number of halogens is 3. The molecule has 1 nitrogen and oxygen atoms in total. The van der Waals surface area contributed by atoms with Crippen LogP contribution in [-0.2, 0) is 6.42 Å². The first kappa shape index (κ1) is 15.1. The number of hydrogen-bond acceptors (Lipinski definition) is 1.